The Morgan fingerprint density at radius 3 is 0.887 bits per heavy atom. The molecule has 97 heavy (non-hydrogen) atoms. The van der Waals surface area contributed by atoms with E-state index in [1.54, 1.807) is 0 Å². The molecular formula is C79H134O16P2. The highest BCUT2D eigenvalue weighted by Gasteiger charge is 2.29. The van der Waals surface area contributed by atoms with Crippen LogP contribution in [0.15, 0.2) is 134 Å². The Labute approximate surface area is 588 Å². The van der Waals surface area contributed by atoms with E-state index in [0.717, 1.165) is 141 Å². The van der Waals surface area contributed by atoms with Gasteiger partial charge in [-0.3, -0.25) is 32.5 Å². The number of phosphoric ester groups is 2. The lowest BCUT2D eigenvalue weighted by molar-refractivity contribution is -0.161. The van der Waals surface area contributed by atoms with Gasteiger partial charge in [-0.25, -0.2) is 9.13 Å². The van der Waals surface area contributed by atoms with Gasteiger partial charge >= 0.3 is 33.6 Å². The lowest BCUT2D eigenvalue weighted by Gasteiger charge is -2.21. The standard InChI is InChI=1S/C79H134O16P2/c1-4-7-10-13-16-19-22-25-28-30-32-34-35-36-37-39-41-42-45-47-50-53-56-59-62-65-77(82)89-68-74(80)69-91-96(85,86)92-70-75(81)71-93-97(87,88)94-73-76(95-79(84)67-64-61-58-55-52-49-44-27-24-21-18-15-12-9-6-3)72-90-78(83)66-63-60-57-54-51-48-46-43-40-38-33-31-29-26-23-20-17-14-11-8-5-2/h7-8,10-11,16-17,19-20,25-26,28-29,32-34,36-38,43,46,51,54,74-76,80-81H,4-6,9,12-15,18,21-24,27,30-31,35,39-42,44-45,47-50,52-53,55-73H2,1-3H3,(H,85,86)(H,87,88)/b10-7-,11-8-,19-16-,20-17-,28-25-,29-26-,34-32-,37-36-,38-33-,46-43-,54-51-. The number of allylic oxidation sites excluding steroid dienone is 22. The molecule has 4 N–H and O–H groups in total. The second-order valence-electron chi connectivity index (χ2n) is 24.7. The van der Waals surface area contributed by atoms with Crippen LogP contribution in [0.1, 0.15) is 290 Å². The molecular weight excluding hydrogens is 1270 g/mol. The van der Waals surface area contributed by atoms with Crippen LogP contribution in [0.3, 0.4) is 0 Å². The molecule has 0 aromatic heterocycles. The van der Waals surface area contributed by atoms with Crippen molar-refractivity contribution in [3.05, 3.63) is 134 Å². The summed E-state index contributed by atoms with van der Waals surface area (Å²) in [6.07, 6.45) is 85.0. The minimum absolute atomic E-state index is 0.0949. The zero-order chi connectivity index (χ0) is 70.9. The van der Waals surface area contributed by atoms with Gasteiger partial charge in [0.05, 0.1) is 26.4 Å². The number of hydrogen-bond donors (Lipinski definition) is 4. The molecule has 0 rings (SSSR count). The monoisotopic (exact) mass is 1400 g/mol. The van der Waals surface area contributed by atoms with Crippen molar-refractivity contribution < 1.29 is 75.8 Å². The van der Waals surface area contributed by atoms with Crippen LogP contribution in [0.2, 0.25) is 0 Å². The summed E-state index contributed by atoms with van der Waals surface area (Å²) in [6.45, 7) is 2.40. The smallest absolute Gasteiger partial charge is 0.463 e. The van der Waals surface area contributed by atoms with Crippen LogP contribution in [0.5, 0.6) is 0 Å². The minimum atomic E-state index is -4.94. The first kappa shape index (κ1) is 92.7. The van der Waals surface area contributed by atoms with Crippen molar-refractivity contribution in [2.24, 2.45) is 0 Å². The number of hydrogen-bond acceptors (Lipinski definition) is 14. The maximum Gasteiger partial charge on any atom is 0.472 e. The van der Waals surface area contributed by atoms with E-state index in [0.29, 0.717) is 19.3 Å². The van der Waals surface area contributed by atoms with Crippen molar-refractivity contribution in [3.8, 4) is 0 Å². The summed E-state index contributed by atoms with van der Waals surface area (Å²) in [4.78, 5) is 58.6. The molecule has 0 heterocycles. The van der Waals surface area contributed by atoms with Crippen LogP contribution in [0, 0.1) is 0 Å². The fraction of sp³-hybridized carbons (Fsp3) is 0.684. The highest BCUT2D eigenvalue weighted by Crippen LogP contribution is 2.45. The third kappa shape index (κ3) is 72.8. The second kappa shape index (κ2) is 71.5. The van der Waals surface area contributed by atoms with Crippen molar-refractivity contribution in [2.75, 3.05) is 39.6 Å². The first-order valence-electron chi connectivity index (χ1n) is 37.5. The summed E-state index contributed by atoms with van der Waals surface area (Å²) in [5.74, 6) is -1.63. The van der Waals surface area contributed by atoms with E-state index in [2.05, 4.69) is 154 Å². The molecule has 0 aromatic carbocycles. The third-order valence-corrected chi connectivity index (χ3v) is 17.3. The third-order valence-electron chi connectivity index (χ3n) is 15.4. The molecule has 5 atom stereocenters. The Morgan fingerprint density at radius 2 is 0.546 bits per heavy atom. The topological polar surface area (TPSA) is 231 Å². The number of ether oxygens (including phenoxy) is 3. The number of aliphatic hydroxyl groups excluding tert-OH is 2. The fourth-order valence-corrected chi connectivity index (χ4v) is 11.3. The second-order valence-corrected chi connectivity index (χ2v) is 27.6. The quantitative estimate of drug-likeness (QED) is 0.0146. The molecule has 556 valence electrons. The molecule has 0 aliphatic heterocycles. The highest BCUT2D eigenvalue weighted by molar-refractivity contribution is 7.47. The number of aliphatic hydroxyl groups is 2. The zero-order valence-corrected chi connectivity index (χ0v) is 62.2. The summed E-state index contributed by atoms with van der Waals surface area (Å²) < 4.78 is 61.0. The molecule has 0 aliphatic carbocycles. The number of phosphoric acid groups is 2. The largest absolute Gasteiger partial charge is 0.472 e. The summed E-state index contributed by atoms with van der Waals surface area (Å²) in [7, 11) is -9.80. The predicted molar refractivity (Wildman–Crippen MR) is 399 cm³/mol. The Morgan fingerprint density at radius 1 is 0.299 bits per heavy atom. The van der Waals surface area contributed by atoms with Crippen molar-refractivity contribution >= 4 is 33.6 Å². The van der Waals surface area contributed by atoms with Crippen LogP contribution >= 0.6 is 15.6 Å². The van der Waals surface area contributed by atoms with E-state index in [1.165, 1.54) is 89.9 Å². The Hall–Kier alpha value is -4.31. The van der Waals surface area contributed by atoms with Gasteiger partial charge in [0.15, 0.2) is 6.10 Å². The fourth-order valence-electron chi connectivity index (χ4n) is 9.72. The van der Waals surface area contributed by atoms with Crippen LogP contribution in [0.25, 0.3) is 0 Å². The summed E-state index contributed by atoms with van der Waals surface area (Å²) in [5, 5.41) is 20.6. The molecule has 0 fully saturated rings. The van der Waals surface area contributed by atoms with Crippen LogP contribution in [-0.4, -0.2) is 95.9 Å². The molecule has 0 aromatic rings. The maximum atomic E-state index is 13.0. The molecule has 18 heteroatoms. The van der Waals surface area contributed by atoms with Gasteiger partial charge in [0.2, 0.25) is 0 Å². The summed E-state index contributed by atoms with van der Waals surface area (Å²) in [5.41, 5.74) is 0. The first-order chi connectivity index (χ1) is 47.2. The predicted octanol–water partition coefficient (Wildman–Crippen LogP) is 21.5. The molecule has 0 spiro atoms. The minimum Gasteiger partial charge on any atom is -0.463 e. The normalized spacial score (nSPS) is 14.8. The van der Waals surface area contributed by atoms with Crippen LogP contribution < -0.4 is 0 Å². The average Bonchev–Trinajstić information content (AvgIpc) is 2.08. The van der Waals surface area contributed by atoms with Gasteiger partial charge in [-0.2, -0.15) is 0 Å². The number of carbonyl (C=O) groups excluding carboxylic acids is 3. The number of esters is 3. The molecule has 0 saturated heterocycles. The van der Waals surface area contributed by atoms with E-state index in [-0.39, 0.29) is 19.3 Å². The van der Waals surface area contributed by atoms with Crippen LogP contribution in [-0.2, 0) is 55.8 Å². The number of rotatable bonds is 70. The molecule has 0 saturated carbocycles. The molecule has 16 nitrogen and oxygen atoms in total. The van der Waals surface area contributed by atoms with E-state index in [1.807, 2.05) is 0 Å². The van der Waals surface area contributed by atoms with Crippen molar-refractivity contribution in [1.82, 2.24) is 0 Å². The Balaban J connectivity index is 4.65. The van der Waals surface area contributed by atoms with Gasteiger partial charge in [-0.1, -0.05) is 289 Å². The molecule has 5 unspecified atom stereocenters. The Kier molecular flexibility index (Phi) is 68.3. The van der Waals surface area contributed by atoms with E-state index < -0.39 is 91.5 Å². The van der Waals surface area contributed by atoms with Gasteiger partial charge in [0.1, 0.15) is 25.4 Å². The molecule has 0 amide bonds. The van der Waals surface area contributed by atoms with E-state index in [4.69, 9.17) is 32.3 Å². The van der Waals surface area contributed by atoms with Crippen molar-refractivity contribution in [3.63, 3.8) is 0 Å². The number of unbranched alkanes of at least 4 members (excludes halogenated alkanes) is 25. The molecule has 0 bridgehead atoms. The van der Waals surface area contributed by atoms with E-state index >= 15 is 0 Å². The summed E-state index contributed by atoms with van der Waals surface area (Å²) in [6, 6.07) is 0. The van der Waals surface area contributed by atoms with Gasteiger partial charge in [-0.15, -0.1) is 0 Å². The van der Waals surface area contributed by atoms with E-state index in [9.17, 15) is 43.5 Å². The molecule has 0 radical (unpaired) electrons. The first-order valence-corrected chi connectivity index (χ1v) is 40.5. The molecule has 0 aliphatic rings. The summed E-state index contributed by atoms with van der Waals surface area (Å²) >= 11 is 0. The van der Waals surface area contributed by atoms with Crippen molar-refractivity contribution in [2.45, 2.75) is 309 Å². The highest BCUT2D eigenvalue weighted by atomic mass is 31.2. The van der Waals surface area contributed by atoms with Gasteiger partial charge in [0, 0.05) is 19.3 Å². The SMILES string of the molecule is CC/C=C\C/C=C\C/C=C\C/C=C\C/C=C\C/C=C\CCCCC(=O)OCC(COP(=O)(O)OCC(O)COP(=O)(O)OCC(O)COC(=O)CCCCCCCCCCC/C=C\C/C=C\C/C=C\C/C=C\C/C=C\CC)OC(=O)CCCCCCCCCCCCCCCCC. The van der Waals surface area contributed by atoms with Crippen LogP contribution in [0.4, 0.5) is 0 Å². The lowest BCUT2D eigenvalue weighted by Crippen LogP contribution is -2.30. The number of carbonyl (C=O) groups is 3. The van der Waals surface area contributed by atoms with Gasteiger partial charge in [0.25, 0.3) is 0 Å². The Bertz CT molecular complexity index is 2300. The zero-order valence-electron chi connectivity index (χ0n) is 60.5. The maximum absolute atomic E-state index is 13.0. The van der Waals surface area contributed by atoms with Gasteiger partial charge < -0.3 is 34.2 Å². The average molecular weight is 1400 g/mol. The van der Waals surface area contributed by atoms with Gasteiger partial charge in [-0.05, 0) is 116 Å². The lowest BCUT2D eigenvalue weighted by atomic mass is 10.0. The van der Waals surface area contributed by atoms with Crippen molar-refractivity contribution in [1.29, 1.82) is 0 Å².